The molecule has 1 aliphatic rings. The summed E-state index contributed by atoms with van der Waals surface area (Å²) in [6, 6.07) is 4.71. The van der Waals surface area contributed by atoms with Gasteiger partial charge >= 0.3 is 0 Å². The molecule has 104 valence electrons. The molecule has 0 amide bonds. The number of rotatable bonds is 4. The summed E-state index contributed by atoms with van der Waals surface area (Å²) < 4.78 is 13.2. The van der Waals surface area contributed by atoms with Crippen molar-refractivity contribution in [2.45, 2.75) is 58.3 Å². The molecule has 1 nitrogen and oxygen atoms in total. The lowest BCUT2D eigenvalue weighted by Crippen LogP contribution is -2.11. The van der Waals surface area contributed by atoms with Crippen LogP contribution in [0, 0.1) is 18.7 Å². The number of carbonyl (C=O) groups excluding carboxylic acids is 1. The van der Waals surface area contributed by atoms with Gasteiger partial charge in [-0.2, -0.15) is 0 Å². The van der Waals surface area contributed by atoms with Crippen LogP contribution < -0.4 is 0 Å². The van der Waals surface area contributed by atoms with Crippen LogP contribution in [-0.2, 0) is 11.2 Å². The Morgan fingerprint density at radius 3 is 2.58 bits per heavy atom. The minimum atomic E-state index is -0.247. The molecule has 19 heavy (non-hydrogen) atoms. The molecule has 1 aliphatic carbocycles. The van der Waals surface area contributed by atoms with E-state index in [0.29, 0.717) is 18.8 Å². The minimum absolute atomic E-state index is 0.247. The molecular formula is C17H23FO. The van der Waals surface area contributed by atoms with E-state index in [-0.39, 0.29) is 11.6 Å². The maximum atomic E-state index is 13.2. The molecule has 1 fully saturated rings. The van der Waals surface area contributed by atoms with Crippen molar-refractivity contribution < 1.29 is 9.18 Å². The van der Waals surface area contributed by atoms with Gasteiger partial charge < -0.3 is 0 Å². The Balaban J connectivity index is 1.91. The standard InChI is InChI=1S/C17H23FO/c1-13-8-9-16(18)11-15(13)12-17(19)10-14-6-4-2-3-5-7-14/h8-9,11,14H,2-7,10,12H2,1H3. The molecule has 1 aromatic rings. The van der Waals surface area contributed by atoms with Crippen LogP contribution >= 0.6 is 0 Å². The van der Waals surface area contributed by atoms with Crippen LogP contribution in [0.3, 0.4) is 0 Å². The van der Waals surface area contributed by atoms with Crippen LogP contribution in [0.15, 0.2) is 18.2 Å². The second-order valence-corrected chi connectivity index (χ2v) is 5.85. The van der Waals surface area contributed by atoms with Crippen LogP contribution in [0.25, 0.3) is 0 Å². The first kappa shape index (κ1) is 14.2. The molecular weight excluding hydrogens is 239 g/mol. The van der Waals surface area contributed by atoms with Crippen LogP contribution in [0.2, 0.25) is 0 Å². The molecule has 2 heteroatoms. The summed E-state index contributed by atoms with van der Waals surface area (Å²) in [5, 5.41) is 0. The molecule has 0 radical (unpaired) electrons. The predicted octanol–water partition coefficient (Wildman–Crippen LogP) is 4.61. The number of halogens is 1. The highest BCUT2D eigenvalue weighted by atomic mass is 19.1. The van der Waals surface area contributed by atoms with E-state index in [4.69, 9.17) is 0 Å². The Morgan fingerprint density at radius 2 is 1.89 bits per heavy atom. The fourth-order valence-electron chi connectivity index (χ4n) is 3.01. The number of carbonyl (C=O) groups is 1. The molecule has 1 saturated carbocycles. The van der Waals surface area contributed by atoms with Gasteiger partial charge in [-0.15, -0.1) is 0 Å². The second kappa shape index (κ2) is 6.83. The monoisotopic (exact) mass is 262 g/mol. The zero-order chi connectivity index (χ0) is 13.7. The predicted molar refractivity (Wildman–Crippen MR) is 75.7 cm³/mol. The Morgan fingerprint density at radius 1 is 1.21 bits per heavy atom. The molecule has 0 bridgehead atoms. The van der Waals surface area contributed by atoms with Gasteiger partial charge in [0.2, 0.25) is 0 Å². The number of hydrogen-bond donors (Lipinski definition) is 0. The topological polar surface area (TPSA) is 17.1 Å². The van der Waals surface area contributed by atoms with Crippen molar-refractivity contribution in [1.29, 1.82) is 0 Å². The van der Waals surface area contributed by atoms with Crippen LogP contribution in [-0.4, -0.2) is 5.78 Å². The third kappa shape index (κ3) is 4.45. The number of hydrogen-bond acceptors (Lipinski definition) is 1. The Bertz CT molecular complexity index is 431. The molecule has 0 heterocycles. The van der Waals surface area contributed by atoms with Gasteiger partial charge in [0.05, 0.1) is 0 Å². The van der Waals surface area contributed by atoms with Crippen LogP contribution in [0.5, 0.6) is 0 Å². The summed E-state index contributed by atoms with van der Waals surface area (Å²) in [4.78, 5) is 12.1. The highest BCUT2D eigenvalue weighted by Crippen LogP contribution is 2.26. The van der Waals surface area contributed by atoms with Crippen molar-refractivity contribution >= 4 is 5.78 Å². The molecule has 0 aromatic heterocycles. The fourth-order valence-corrected chi connectivity index (χ4v) is 3.01. The van der Waals surface area contributed by atoms with Crippen LogP contribution in [0.1, 0.15) is 56.1 Å². The molecule has 0 aliphatic heterocycles. The van der Waals surface area contributed by atoms with E-state index < -0.39 is 0 Å². The van der Waals surface area contributed by atoms with E-state index in [9.17, 15) is 9.18 Å². The average Bonchev–Trinajstić information content (AvgIpc) is 2.62. The largest absolute Gasteiger partial charge is 0.299 e. The van der Waals surface area contributed by atoms with E-state index in [1.54, 1.807) is 6.07 Å². The highest BCUT2D eigenvalue weighted by Gasteiger charge is 2.16. The third-order valence-electron chi connectivity index (χ3n) is 4.19. The molecule has 0 saturated heterocycles. The second-order valence-electron chi connectivity index (χ2n) is 5.85. The summed E-state index contributed by atoms with van der Waals surface area (Å²) in [6.45, 7) is 1.94. The highest BCUT2D eigenvalue weighted by molar-refractivity contribution is 5.81. The molecule has 0 atom stereocenters. The molecule has 0 unspecified atom stereocenters. The summed E-state index contributed by atoms with van der Waals surface area (Å²) >= 11 is 0. The molecule has 2 rings (SSSR count). The minimum Gasteiger partial charge on any atom is -0.299 e. The third-order valence-corrected chi connectivity index (χ3v) is 4.19. The number of ketones is 1. The van der Waals surface area contributed by atoms with Gasteiger partial charge in [-0.05, 0) is 36.1 Å². The lowest BCUT2D eigenvalue weighted by Gasteiger charge is -2.13. The maximum Gasteiger partial charge on any atom is 0.137 e. The SMILES string of the molecule is Cc1ccc(F)cc1CC(=O)CC1CCCCCC1. The Kier molecular flexibility index (Phi) is 5.12. The lowest BCUT2D eigenvalue weighted by atomic mass is 9.91. The first-order chi connectivity index (χ1) is 9.15. The molecule has 1 aromatic carbocycles. The average molecular weight is 262 g/mol. The zero-order valence-corrected chi connectivity index (χ0v) is 11.8. The van der Waals surface area contributed by atoms with Crippen molar-refractivity contribution in [2.24, 2.45) is 5.92 Å². The smallest absolute Gasteiger partial charge is 0.137 e. The quantitative estimate of drug-likeness (QED) is 0.724. The first-order valence-corrected chi connectivity index (χ1v) is 7.42. The summed E-state index contributed by atoms with van der Waals surface area (Å²) in [7, 11) is 0. The van der Waals surface area contributed by atoms with Gasteiger partial charge in [0, 0.05) is 12.8 Å². The van der Waals surface area contributed by atoms with Gasteiger partial charge in [-0.25, -0.2) is 4.39 Å². The Hall–Kier alpha value is -1.18. The van der Waals surface area contributed by atoms with Gasteiger partial charge in [0.15, 0.2) is 0 Å². The molecule has 0 N–H and O–H groups in total. The van der Waals surface area contributed by atoms with E-state index in [1.807, 2.05) is 6.92 Å². The molecule has 0 spiro atoms. The van der Waals surface area contributed by atoms with E-state index in [1.165, 1.54) is 50.7 Å². The van der Waals surface area contributed by atoms with Crippen molar-refractivity contribution in [1.82, 2.24) is 0 Å². The summed E-state index contributed by atoms with van der Waals surface area (Å²) in [6.07, 6.45) is 8.59. The van der Waals surface area contributed by atoms with E-state index in [2.05, 4.69) is 0 Å². The van der Waals surface area contributed by atoms with Crippen molar-refractivity contribution in [2.75, 3.05) is 0 Å². The fraction of sp³-hybridized carbons (Fsp3) is 0.588. The van der Waals surface area contributed by atoms with Crippen molar-refractivity contribution in [3.63, 3.8) is 0 Å². The number of benzene rings is 1. The zero-order valence-electron chi connectivity index (χ0n) is 11.8. The van der Waals surface area contributed by atoms with Gasteiger partial charge in [-0.1, -0.05) is 44.6 Å². The maximum absolute atomic E-state index is 13.2. The first-order valence-electron chi connectivity index (χ1n) is 7.42. The van der Waals surface area contributed by atoms with E-state index >= 15 is 0 Å². The lowest BCUT2D eigenvalue weighted by molar-refractivity contribution is -0.119. The van der Waals surface area contributed by atoms with Crippen molar-refractivity contribution in [3.8, 4) is 0 Å². The van der Waals surface area contributed by atoms with E-state index in [0.717, 1.165) is 11.1 Å². The van der Waals surface area contributed by atoms with Gasteiger partial charge in [0.25, 0.3) is 0 Å². The van der Waals surface area contributed by atoms with Crippen LogP contribution in [0.4, 0.5) is 4.39 Å². The van der Waals surface area contributed by atoms with Gasteiger partial charge in [-0.3, -0.25) is 4.79 Å². The summed E-state index contributed by atoms with van der Waals surface area (Å²) in [5.41, 5.74) is 1.86. The normalized spacial score (nSPS) is 17.2. The van der Waals surface area contributed by atoms with Crippen molar-refractivity contribution in [3.05, 3.63) is 35.1 Å². The Labute approximate surface area is 115 Å². The van der Waals surface area contributed by atoms with Gasteiger partial charge in [0.1, 0.15) is 11.6 Å². The number of aryl methyl sites for hydroxylation is 1. The number of Topliss-reactive ketones (excluding diaryl/α,β-unsaturated/α-hetero) is 1. The summed E-state index contributed by atoms with van der Waals surface area (Å²) in [5.74, 6) is 0.576.